The van der Waals surface area contributed by atoms with Gasteiger partial charge in [0.15, 0.2) is 0 Å². The molecule has 8 nitrogen and oxygen atoms in total. The summed E-state index contributed by atoms with van der Waals surface area (Å²) >= 11 is 0. The van der Waals surface area contributed by atoms with Crippen LogP contribution >= 0.6 is 0 Å². The van der Waals surface area contributed by atoms with Crippen LogP contribution in [-0.4, -0.2) is 36.1 Å². The molecule has 0 fully saturated rings. The number of nitrogens with zero attached hydrogens (tertiary/aromatic N) is 3. The van der Waals surface area contributed by atoms with Gasteiger partial charge in [0, 0.05) is 30.6 Å². The number of halogens is 3. The molecule has 0 amide bonds. The number of alkyl halides is 3. The molecule has 0 radical (unpaired) electrons. The molecule has 0 bridgehead atoms. The number of rotatable bonds is 7. The molecule has 2 heterocycles. The van der Waals surface area contributed by atoms with Crippen molar-refractivity contribution in [2.45, 2.75) is 17.8 Å². The Morgan fingerprint density at radius 2 is 1.67 bits per heavy atom. The Morgan fingerprint density at radius 1 is 1.00 bits per heavy atom. The maximum Gasteiger partial charge on any atom is 0.573 e. The third kappa shape index (κ3) is 5.64. The second kappa shape index (κ2) is 8.63. The van der Waals surface area contributed by atoms with Gasteiger partial charge in [-0.1, -0.05) is 0 Å². The number of benzene rings is 1. The van der Waals surface area contributed by atoms with Crippen molar-refractivity contribution in [2.75, 3.05) is 6.54 Å². The van der Waals surface area contributed by atoms with Crippen molar-refractivity contribution in [3.05, 3.63) is 71.3 Å². The van der Waals surface area contributed by atoms with E-state index in [-0.39, 0.29) is 18.0 Å². The molecule has 1 aromatic carbocycles. The molecular formula is C18H15F3N4O4S. The van der Waals surface area contributed by atoms with E-state index in [0.717, 1.165) is 34.5 Å². The van der Waals surface area contributed by atoms with E-state index in [1.165, 1.54) is 6.07 Å². The highest BCUT2D eigenvalue weighted by Gasteiger charge is 2.31. The van der Waals surface area contributed by atoms with Gasteiger partial charge >= 0.3 is 6.36 Å². The first-order valence-corrected chi connectivity index (χ1v) is 9.96. The summed E-state index contributed by atoms with van der Waals surface area (Å²) in [6.07, 6.45) is -1.72. The first-order valence-electron chi connectivity index (χ1n) is 8.48. The molecule has 0 spiro atoms. The predicted octanol–water partition coefficient (Wildman–Crippen LogP) is 2.18. The summed E-state index contributed by atoms with van der Waals surface area (Å²) in [4.78, 5) is 15.6. The van der Waals surface area contributed by atoms with Crippen LogP contribution in [0.5, 0.6) is 5.75 Å². The minimum atomic E-state index is -4.87. The van der Waals surface area contributed by atoms with E-state index >= 15 is 0 Å². The lowest BCUT2D eigenvalue weighted by molar-refractivity contribution is -0.274. The Labute approximate surface area is 169 Å². The van der Waals surface area contributed by atoms with Crippen LogP contribution in [0.2, 0.25) is 0 Å². The average molecular weight is 440 g/mol. The summed E-state index contributed by atoms with van der Waals surface area (Å²) in [7, 11) is -4.00. The van der Waals surface area contributed by atoms with Gasteiger partial charge in [-0.15, -0.1) is 13.2 Å². The Bertz CT molecular complexity index is 1160. The van der Waals surface area contributed by atoms with Crippen LogP contribution in [-0.2, 0) is 16.6 Å². The van der Waals surface area contributed by atoms with Crippen molar-refractivity contribution >= 4 is 10.0 Å². The molecule has 0 aliphatic heterocycles. The molecule has 0 atom stereocenters. The summed E-state index contributed by atoms with van der Waals surface area (Å²) < 4.78 is 68.2. The molecular weight excluding hydrogens is 425 g/mol. The number of aromatic nitrogens is 3. The quantitative estimate of drug-likeness (QED) is 0.604. The standard InChI is InChI=1S/C18H15F3N4O4S/c19-18(20,21)29-14-1-3-15(4-2-14)30(27,28)23-11-12-25-17(26)6-5-16(24-25)13-7-9-22-10-8-13/h1-10,23H,11-12H2. The van der Waals surface area contributed by atoms with Crippen molar-refractivity contribution in [3.63, 3.8) is 0 Å². The summed E-state index contributed by atoms with van der Waals surface area (Å²) in [5.41, 5.74) is 0.835. The number of hydrogen-bond acceptors (Lipinski definition) is 6. The van der Waals surface area contributed by atoms with Crippen molar-refractivity contribution in [1.29, 1.82) is 0 Å². The predicted molar refractivity (Wildman–Crippen MR) is 100 cm³/mol. The number of hydrogen-bond donors (Lipinski definition) is 1. The minimum absolute atomic E-state index is 0.0493. The first kappa shape index (κ1) is 21.5. The average Bonchev–Trinajstić information content (AvgIpc) is 2.69. The molecule has 0 saturated heterocycles. The Morgan fingerprint density at radius 3 is 2.30 bits per heavy atom. The third-order valence-corrected chi connectivity index (χ3v) is 5.30. The molecule has 30 heavy (non-hydrogen) atoms. The van der Waals surface area contributed by atoms with Crippen LogP contribution < -0.4 is 15.0 Å². The Hall–Kier alpha value is -3.25. The van der Waals surface area contributed by atoms with E-state index in [2.05, 4.69) is 19.5 Å². The zero-order chi connectivity index (χ0) is 21.8. The van der Waals surface area contributed by atoms with Crippen molar-refractivity contribution in [2.24, 2.45) is 0 Å². The van der Waals surface area contributed by atoms with Crippen molar-refractivity contribution < 1.29 is 26.3 Å². The van der Waals surface area contributed by atoms with Crippen LogP contribution in [0.25, 0.3) is 11.3 Å². The van der Waals surface area contributed by atoms with Gasteiger partial charge in [0.2, 0.25) is 10.0 Å². The van der Waals surface area contributed by atoms with E-state index in [0.29, 0.717) is 5.69 Å². The van der Waals surface area contributed by atoms with Gasteiger partial charge in [-0.25, -0.2) is 17.8 Å². The van der Waals surface area contributed by atoms with Crippen molar-refractivity contribution in [3.8, 4) is 17.0 Å². The summed E-state index contributed by atoms with van der Waals surface area (Å²) in [6.45, 7) is -0.206. The van der Waals surface area contributed by atoms with E-state index < -0.39 is 27.7 Å². The van der Waals surface area contributed by atoms with Gasteiger partial charge < -0.3 is 4.74 Å². The van der Waals surface area contributed by atoms with Crippen LogP contribution in [0, 0.1) is 0 Å². The monoisotopic (exact) mass is 440 g/mol. The lowest BCUT2D eigenvalue weighted by Crippen LogP contribution is -2.32. The summed E-state index contributed by atoms with van der Waals surface area (Å²) in [6, 6.07) is 10.0. The van der Waals surface area contributed by atoms with Gasteiger partial charge in [0.25, 0.3) is 5.56 Å². The lowest BCUT2D eigenvalue weighted by Gasteiger charge is -2.11. The normalized spacial score (nSPS) is 12.0. The van der Waals surface area contributed by atoms with Gasteiger partial charge in [0.05, 0.1) is 17.1 Å². The van der Waals surface area contributed by atoms with Crippen LogP contribution in [0.3, 0.4) is 0 Å². The third-order valence-electron chi connectivity index (χ3n) is 3.83. The van der Waals surface area contributed by atoms with Gasteiger partial charge in [0.1, 0.15) is 5.75 Å². The number of sulfonamides is 1. The molecule has 1 N–H and O–H groups in total. The second-order valence-electron chi connectivity index (χ2n) is 5.93. The highest BCUT2D eigenvalue weighted by atomic mass is 32.2. The number of ether oxygens (including phenoxy) is 1. The highest BCUT2D eigenvalue weighted by molar-refractivity contribution is 7.89. The lowest BCUT2D eigenvalue weighted by atomic mass is 10.2. The fourth-order valence-corrected chi connectivity index (χ4v) is 3.50. The van der Waals surface area contributed by atoms with Crippen molar-refractivity contribution in [1.82, 2.24) is 19.5 Å². The fraction of sp³-hybridized carbons (Fsp3) is 0.167. The van der Waals surface area contributed by atoms with E-state index in [9.17, 15) is 26.4 Å². The molecule has 2 aromatic heterocycles. The zero-order valence-electron chi connectivity index (χ0n) is 15.2. The zero-order valence-corrected chi connectivity index (χ0v) is 16.0. The van der Waals surface area contributed by atoms with E-state index in [1.54, 1.807) is 30.6 Å². The summed E-state index contributed by atoms with van der Waals surface area (Å²) in [5, 5.41) is 4.20. The first-order chi connectivity index (χ1) is 14.1. The maximum absolute atomic E-state index is 12.3. The highest BCUT2D eigenvalue weighted by Crippen LogP contribution is 2.23. The Balaban J connectivity index is 1.66. The van der Waals surface area contributed by atoms with E-state index in [4.69, 9.17) is 0 Å². The molecule has 158 valence electrons. The molecule has 0 unspecified atom stereocenters. The largest absolute Gasteiger partial charge is 0.573 e. The molecule has 0 aliphatic rings. The van der Waals surface area contributed by atoms with Crippen LogP contribution in [0.1, 0.15) is 0 Å². The number of pyridine rings is 1. The molecule has 3 aromatic rings. The smallest absolute Gasteiger partial charge is 0.406 e. The molecule has 12 heteroatoms. The maximum atomic E-state index is 12.3. The molecule has 0 aliphatic carbocycles. The van der Waals surface area contributed by atoms with Crippen LogP contribution in [0.15, 0.2) is 70.6 Å². The minimum Gasteiger partial charge on any atom is -0.406 e. The topological polar surface area (TPSA) is 103 Å². The number of nitrogens with one attached hydrogen (secondary N) is 1. The fourth-order valence-electron chi connectivity index (χ4n) is 2.48. The Kier molecular flexibility index (Phi) is 6.17. The van der Waals surface area contributed by atoms with Gasteiger partial charge in [-0.2, -0.15) is 5.10 Å². The molecule has 3 rings (SSSR count). The molecule has 0 saturated carbocycles. The summed E-state index contributed by atoms with van der Waals surface area (Å²) in [5.74, 6) is -0.537. The van der Waals surface area contributed by atoms with Gasteiger partial charge in [-0.05, 0) is 42.5 Å². The van der Waals surface area contributed by atoms with Gasteiger partial charge in [-0.3, -0.25) is 9.78 Å². The van der Waals surface area contributed by atoms with Crippen LogP contribution in [0.4, 0.5) is 13.2 Å². The SMILES string of the molecule is O=c1ccc(-c2ccncc2)nn1CCNS(=O)(=O)c1ccc(OC(F)(F)F)cc1. The van der Waals surface area contributed by atoms with E-state index in [1.807, 2.05) is 0 Å². The second-order valence-corrected chi connectivity index (χ2v) is 7.70.